The number of aliphatic hydroxyl groups is 1. The molecule has 6 nitrogen and oxygen atoms in total. The van der Waals surface area contributed by atoms with Crippen molar-refractivity contribution in [2.24, 2.45) is 0 Å². The average Bonchev–Trinajstić information content (AvgIpc) is 3.08. The number of benzene rings is 1. The maximum atomic E-state index is 10.7. The quantitative estimate of drug-likeness (QED) is 0.741. The summed E-state index contributed by atoms with van der Waals surface area (Å²) < 4.78 is 12.7. The fourth-order valence-electron chi connectivity index (χ4n) is 2.90. The van der Waals surface area contributed by atoms with Gasteiger partial charge in [-0.2, -0.15) is 0 Å². The van der Waals surface area contributed by atoms with Crippen LogP contribution in [0.15, 0.2) is 41.3 Å². The van der Waals surface area contributed by atoms with Crippen LogP contribution < -0.4 is 4.74 Å². The molecule has 1 aliphatic heterocycles. The van der Waals surface area contributed by atoms with Crippen molar-refractivity contribution in [2.45, 2.75) is 31.6 Å². The first-order valence-corrected chi connectivity index (χ1v) is 6.82. The molecule has 108 valence electrons. The summed E-state index contributed by atoms with van der Waals surface area (Å²) in [4.78, 5) is 0. The Labute approximate surface area is 120 Å². The summed E-state index contributed by atoms with van der Waals surface area (Å²) in [7, 11) is 0. The van der Waals surface area contributed by atoms with E-state index < -0.39 is 11.7 Å². The molecule has 0 fully saturated rings. The van der Waals surface area contributed by atoms with E-state index in [1.807, 2.05) is 55.1 Å². The minimum Gasteiger partial charge on any atom is -0.485 e. The van der Waals surface area contributed by atoms with Crippen LogP contribution in [0.2, 0.25) is 0 Å². The summed E-state index contributed by atoms with van der Waals surface area (Å²) in [5, 5.41) is 18.5. The third kappa shape index (κ3) is 1.76. The van der Waals surface area contributed by atoms with E-state index in [0.29, 0.717) is 16.8 Å². The highest BCUT2D eigenvalue weighted by molar-refractivity contribution is 5.77. The summed E-state index contributed by atoms with van der Waals surface area (Å²) in [5.74, 6) is 0.701. The highest BCUT2D eigenvalue weighted by Gasteiger charge is 2.43. The van der Waals surface area contributed by atoms with Gasteiger partial charge in [0.25, 0.3) is 0 Å². The molecule has 0 aliphatic carbocycles. The molecule has 2 atom stereocenters. The van der Waals surface area contributed by atoms with Crippen LogP contribution in [-0.4, -0.2) is 31.7 Å². The molecule has 1 N–H and O–H groups in total. The van der Waals surface area contributed by atoms with E-state index in [9.17, 15) is 5.11 Å². The van der Waals surface area contributed by atoms with E-state index in [2.05, 4.69) is 10.3 Å². The first-order chi connectivity index (χ1) is 10.1. The molecule has 2 aromatic heterocycles. The van der Waals surface area contributed by atoms with Crippen molar-refractivity contribution >= 4 is 11.0 Å². The number of fused-ring (bicyclic) bond motifs is 2. The maximum absolute atomic E-state index is 10.7. The molecule has 21 heavy (non-hydrogen) atoms. The second kappa shape index (κ2) is 4.08. The van der Waals surface area contributed by atoms with Crippen molar-refractivity contribution in [3.63, 3.8) is 0 Å². The van der Waals surface area contributed by atoms with E-state index in [4.69, 9.17) is 9.37 Å². The van der Waals surface area contributed by atoms with E-state index >= 15 is 0 Å². The Kier molecular flexibility index (Phi) is 2.41. The van der Waals surface area contributed by atoms with Crippen LogP contribution in [0, 0.1) is 0 Å². The molecule has 2 unspecified atom stereocenters. The smallest absolute Gasteiger partial charge is 0.138 e. The third-order valence-corrected chi connectivity index (χ3v) is 4.04. The lowest BCUT2D eigenvalue weighted by Gasteiger charge is -2.42. The largest absolute Gasteiger partial charge is 0.485 e. The Bertz CT molecular complexity index is 792. The van der Waals surface area contributed by atoms with Gasteiger partial charge in [-0.25, -0.2) is 4.63 Å². The third-order valence-electron chi connectivity index (χ3n) is 4.04. The molecule has 6 heteroatoms. The Morgan fingerprint density at radius 2 is 1.81 bits per heavy atom. The number of nitrogens with zero attached hydrogens (tertiary/aromatic N) is 3. The molecule has 0 radical (unpaired) electrons. The monoisotopic (exact) mass is 285 g/mol. The molecule has 0 bridgehead atoms. The van der Waals surface area contributed by atoms with Crippen LogP contribution in [0.3, 0.4) is 0 Å². The number of aromatic nitrogens is 3. The molecule has 1 aromatic carbocycles. The van der Waals surface area contributed by atoms with Crippen molar-refractivity contribution in [1.82, 2.24) is 14.9 Å². The minimum atomic E-state index is -0.702. The van der Waals surface area contributed by atoms with Crippen LogP contribution in [-0.2, 0) is 0 Å². The van der Waals surface area contributed by atoms with Crippen LogP contribution in [0.5, 0.6) is 5.75 Å². The zero-order valence-corrected chi connectivity index (χ0v) is 11.7. The maximum Gasteiger partial charge on any atom is 0.138 e. The van der Waals surface area contributed by atoms with E-state index in [1.54, 1.807) is 0 Å². The van der Waals surface area contributed by atoms with Gasteiger partial charge in [-0.3, -0.25) is 0 Å². The molecule has 0 saturated heterocycles. The summed E-state index contributed by atoms with van der Waals surface area (Å²) in [6.45, 7) is 3.75. The highest BCUT2D eigenvalue weighted by atomic mass is 16.6. The van der Waals surface area contributed by atoms with Gasteiger partial charge in [-0.15, -0.1) is 0 Å². The Morgan fingerprint density at radius 3 is 2.52 bits per heavy atom. The number of rotatable bonds is 1. The van der Waals surface area contributed by atoms with Gasteiger partial charge in [-0.1, -0.05) is 0 Å². The molecule has 3 heterocycles. The fraction of sp³-hybridized carbons (Fsp3) is 0.333. The second-order valence-electron chi connectivity index (χ2n) is 5.87. The molecule has 1 aliphatic rings. The van der Waals surface area contributed by atoms with Crippen LogP contribution >= 0.6 is 0 Å². The lowest BCUT2D eigenvalue weighted by atomic mass is 9.86. The van der Waals surface area contributed by atoms with Gasteiger partial charge in [0.15, 0.2) is 0 Å². The second-order valence-corrected chi connectivity index (χ2v) is 5.87. The highest BCUT2D eigenvalue weighted by Crippen LogP contribution is 2.43. The lowest BCUT2D eigenvalue weighted by Crippen LogP contribution is -2.50. The van der Waals surface area contributed by atoms with Crippen LogP contribution in [0.1, 0.15) is 25.5 Å². The van der Waals surface area contributed by atoms with Crippen molar-refractivity contribution in [3.8, 4) is 5.75 Å². The zero-order chi connectivity index (χ0) is 14.6. The summed E-state index contributed by atoms with van der Waals surface area (Å²) in [6.07, 6.45) is 3.18. The van der Waals surface area contributed by atoms with Gasteiger partial charge in [-0.05, 0) is 42.4 Å². The normalized spacial score (nSPS) is 23.8. The summed E-state index contributed by atoms with van der Waals surface area (Å²) in [6, 6.07) is 7.31. The first kappa shape index (κ1) is 12.4. The molecular formula is C15H15N3O3. The first-order valence-electron chi connectivity index (χ1n) is 6.82. The Hall–Kier alpha value is -2.34. The van der Waals surface area contributed by atoms with E-state index in [0.717, 1.165) is 5.56 Å². The number of ether oxygens (including phenoxy) is 1. The van der Waals surface area contributed by atoms with Crippen molar-refractivity contribution in [2.75, 3.05) is 0 Å². The number of hydrogen-bond donors (Lipinski definition) is 1. The fourth-order valence-corrected chi connectivity index (χ4v) is 2.90. The Balaban J connectivity index is 1.97. The molecule has 0 amide bonds. The van der Waals surface area contributed by atoms with E-state index in [-0.39, 0.29) is 6.04 Å². The predicted molar refractivity (Wildman–Crippen MR) is 75.1 cm³/mol. The van der Waals surface area contributed by atoms with Crippen LogP contribution in [0.4, 0.5) is 0 Å². The molecule has 4 rings (SSSR count). The van der Waals surface area contributed by atoms with Gasteiger partial charge < -0.3 is 14.4 Å². The van der Waals surface area contributed by atoms with Crippen molar-refractivity contribution in [1.29, 1.82) is 0 Å². The average molecular weight is 285 g/mol. The number of hydrogen-bond acceptors (Lipinski definition) is 5. The Morgan fingerprint density at radius 1 is 1.14 bits per heavy atom. The summed E-state index contributed by atoms with van der Waals surface area (Å²) in [5.41, 5.74) is 1.47. The molecule has 0 spiro atoms. The standard InChI is InChI=1S/C15H15N3O3/c1-15(2)14(19)13(18-5-3-4-6-18)9-7-10-11(17-21-16-10)8-12(9)20-15/h3-8,13-14,19H,1-2H3. The van der Waals surface area contributed by atoms with Gasteiger partial charge in [0, 0.05) is 24.0 Å². The van der Waals surface area contributed by atoms with Crippen molar-refractivity contribution in [3.05, 3.63) is 42.2 Å². The van der Waals surface area contributed by atoms with Gasteiger partial charge in [0.1, 0.15) is 28.5 Å². The summed E-state index contributed by atoms with van der Waals surface area (Å²) >= 11 is 0. The van der Waals surface area contributed by atoms with Gasteiger partial charge in [0.2, 0.25) is 0 Å². The predicted octanol–water partition coefficient (Wildman–Crippen LogP) is 2.15. The minimum absolute atomic E-state index is 0.236. The number of aliphatic hydroxyl groups excluding tert-OH is 1. The molecule has 0 saturated carbocycles. The van der Waals surface area contributed by atoms with Crippen molar-refractivity contribution < 1.29 is 14.5 Å². The zero-order valence-electron chi connectivity index (χ0n) is 11.7. The van der Waals surface area contributed by atoms with Crippen LogP contribution in [0.25, 0.3) is 11.0 Å². The lowest BCUT2D eigenvalue weighted by molar-refractivity contribution is -0.0634. The van der Waals surface area contributed by atoms with Gasteiger partial charge in [0.05, 0.1) is 6.04 Å². The topological polar surface area (TPSA) is 73.3 Å². The van der Waals surface area contributed by atoms with E-state index in [1.165, 1.54) is 0 Å². The molecular weight excluding hydrogens is 270 g/mol. The van der Waals surface area contributed by atoms with Gasteiger partial charge >= 0.3 is 0 Å². The molecule has 3 aromatic rings. The SMILES string of the molecule is CC1(C)Oc2cc3nonc3cc2C(n2cccc2)C1O.